The Morgan fingerprint density at radius 3 is 2.53 bits per heavy atom. The fraction of sp³-hybridized carbons (Fsp3) is 0.455. The zero-order chi connectivity index (χ0) is 11.3. The molecule has 0 radical (unpaired) electrons. The average molecular weight is 208 g/mol. The van der Waals surface area contributed by atoms with Crippen molar-refractivity contribution in [2.75, 3.05) is 0 Å². The second-order valence-electron chi connectivity index (χ2n) is 3.80. The molecule has 0 bridgehead atoms. The lowest BCUT2D eigenvalue weighted by molar-refractivity contribution is -0.140. The summed E-state index contributed by atoms with van der Waals surface area (Å²) in [5.41, 5.74) is 1.04. The fourth-order valence-corrected chi connectivity index (χ4v) is 1.34. The molecule has 1 atom stereocenters. The fourth-order valence-electron chi connectivity index (χ4n) is 1.34. The van der Waals surface area contributed by atoms with Gasteiger partial charge in [-0.15, -0.1) is 0 Å². The lowest BCUT2D eigenvalue weighted by atomic mass is 10.0. The van der Waals surface area contributed by atoms with E-state index in [0.717, 1.165) is 5.56 Å². The van der Waals surface area contributed by atoms with Gasteiger partial charge in [-0.25, -0.2) is 0 Å². The SMILES string of the molecule is CC(C)C(NCc1ccncc1)C(=O)O. The van der Waals surface area contributed by atoms with Crippen molar-refractivity contribution >= 4 is 5.97 Å². The van der Waals surface area contributed by atoms with Gasteiger partial charge in [0.05, 0.1) is 0 Å². The molecular weight excluding hydrogens is 192 g/mol. The number of nitrogens with one attached hydrogen (secondary N) is 1. The number of pyridine rings is 1. The molecule has 1 unspecified atom stereocenters. The molecule has 0 saturated carbocycles. The summed E-state index contributed by atoms with van der Waals surface area (Å²) in [7, 11) is 0. The topological polar surface area (TPSA) is 62.2 Å². The van der Waals surface area contributed by atoms with E-state index in [2.05, 4.69) is 10.3 Å². The summed E-state index contributed by atoms with van der Waals surface area (Å²) in [6.07, 6.45) is 3.39. The van der Waals surface area contributed by atoms with Crippen LogP contribution in [-0.4, -0.2) is 22.1 Å². The molecule has 0 aliphatic carbocycles. The minimum Gasteiger partial charge on any atom is -0.480 e. The van der Waals surface area contributed by atoms with Crippen molar-refractivity contribution in [3.05, 3.63) is 30.1 Å². The van der Waals surface area contributed by atoms with Gasteiger partial charge >= 0.3 is 5.97 Å². The maximum absolute atomic E-state index is 10.9. The van der Waals surface area contributed by atoms with Crippen LogP contribution in [0.25, 0.3) is 0 Å². The minimum absolute atomic E-state index is 0.0735. The van der Waals surface area contributed by atoms with Crippen molar-refractivity contribution in [1.29, 1.82) is 0 Å². The van der Waals surface area contributed by atoms with Gasteiger partial charge < -0.3 is 10.4 Å². The van der Waals surface area contributed by atoms with E-state index < -0.39 is 12.0 Å². The van der Waals surface area contributed by atoms with Crippen molar-refractivity contribution in [2.45, 2.75) is 26.4 Å². The summed E-state index contributed by atoms with van der Waals surface area (Å²) in [6.45, 7) is 4.33. The predicted octanol–water partition coefficient (Wildman–Crippen LogP) is 1.28. The summed E-state index contributed by atoms with van der Waals surface area (Å²) in [5, 5.41) is 12.0. The third-order valence-corrected chi connectivity index (χ3v) is 2.21. The molecule has 0 amide bonds. The lowest BCUT2D eigenvalue weighted by Crippen LogP contribution is -2.40. The van der Waals surface area contributed by atoms with Crippen molar-refractivity contribution < 1.29 is 9.90 Å². The molecule has 1 aromatic heterocycles. The molecule has 0 saturated heterocycles. The van der Waals surface area contributed by atoms with Gasteiger partial charge in [-0.05, 0) is 23.6 Å². The number of hydrogen-bond donors (Lipinski definition) is 2. The zero-order valence-corrected chi connectivity index (χ0v) is 8.97. The third kappa shape index (κ3) is 3.67. The van der Waals surface area contributed by atoms with Crippen LogP contribution in [0.4, 0.5) is 0 Å². The summed E-state index contributed by atoms with van der Waals surface area (Å²) in [4.78, 5) is 14.8. The van der Waals surface area contributed by atoms with Crippen LogP contribution in [0.15, 0.2) is 24.5 Å². The summed E-state index contributed by atoms with van der Waals surface area (Å²) in [5.74, 6) is -0.733. The Balaban J connectivity index is 2.51. The molecular formula is C11H16N2O2. The maximum atomic E-state index is 10.9. The number of carboxylic acid groups (broad SMARTS) is 1. The highest BCUT2D eigenvalue weighted by atomic mass is 16.4. The Bertz CT molecular complexity index is 312. The smallest absolute Gasteiger partial charge is 0.320 e. The maximum Gasteiger partial charge on any atom is 0.320 e. The lowest BCUT2D eigenvalue weighted by Gasteiger charge is -2.17. The van der Waals surface area contributed by atoms with Crippen LogP contribution in [0, 0.1) is 5.92 Å². The molecule has 0 aliphatic rings. The second kappa shape index (κ2) is 5.46. The Hall–Kier alpha value is -1.42. The normalized spacial score (nSPS) is 12.7. The van der Waals surface area contributed by atoms with Gasteiger partial charge in [0.2, 0.25) is 0 Å². The van der Waals surface area contributed by atoms with Gasteiger partial charge in [-0.2, -0.15) is 0 Å². The van der Waals surface area contributed by atoms with Gasteiger partial charge in [0, 0.05) is 18.9 Å². The average Bonchev–Trinajstić information content (AvgIpc) is 2.18. The molecule has 2 N–H and O–H groups in total. The Kier molecular flexibility index (Phi) is 4.24. The van der Waals surface area contributed by atoms with E-state index in [0.29, 0.717) is 6.54 Å². The Labute approximate surface area is 89.3 Å². The van der Waals surface area contributed by atoms with Crippen LogP contribution in [0.1, 0.15) is 19.4 Å². The molecule has 15 heavy (non-hydrogen) atoms. The van der Waals surface area contributed by atoms with Crippen LogP contribution in [0.3, 0.4) is 0 Å². The van der Waals surface area contributed by atoms with Gasteiger partial charge in [-0.1, -0.05) is 13.8 Å². The number of carbonyl (C=O) groups is 1. The van der Waals surface area contributed by atoms with Crippen LogP contribution in [0.2, 0.25) is 0 Å². The van der Waals surface area contributed by atoms with E-state index in [1.54, 1.807) is 12.4 Å². The van der Waals surface area contributed by atoms with E-state index in [1.165, 1.54) is 0 Å². The van der Waals surface area contributed by atoms with Crippen LogP contribution in [0.5, 0.6) is 0 Å². The van der Waals surface area contributed by atoms with Gasteiger partial charge in [0.15, 0.2) is 0 Å². The molecule has 1 aromatic rings. The number of aromatic nitrogens is 1. The highest BCUT2D eigenvalue weighted by molar-refractivity contribution is 5.73. The molecule has 1 heterocycles. The zero-order valence-electron chi connectivity index (χ0n) is 8.97. The van der Waals surface area contributed by atoms with Crippen LogP contribution < -0.4 is 5.32 Å². The van der Waals surface area contributed by atoms with Gasteiger partial charge in [0.1, 0.15) is 6.04 Å². The van der Waals surface area contributed by atoms with E-state index in [-0.39, 0.29) is 5.92 Å². The van der Waals surface area contributed by atoms with Crippen molar-refractivity contribution in [3.63, 3.8) is 0 Å². The molecule has 4 heteroatoms. The molecule has 0 spiro atoms. The molecule has 0 aromatic carbocycles. The quantitative estimate of drug-likeness (QED) is 0.765. The Morgan fingerprint density at radius 1 is 1.47 bits per heavy atom. The summed E-state index contributed by atoms with van der Waals surface area (Å²) >= 11 is 0. The number of nitrogens with zero attached hydrogens (tertiary/aromatic N) is 1. The number of rotatable bonds is 5. The first-order valence-electron chi connectivity index (χ1n) is 4.96. The van der Waals surface area contributed by atoms with Crippen LogP contribution >= 0.6 is 0 Å². The van der Waals surface area contributed by atoms with Gasteiger partial charge in [-0.3, -0.25) is 9.78 Å². The highest BCUT2D eigenvalue weighted by Crippen LogP contribution is 2.03. The van der Waals surface area contributed by atoms with E-state index in [9.17, 15) is 4.79 Å². The number of hydrogen-bond acceptors (Lipinski definition) is 3. The largest absolute Gasteiger partial charge is 0.480 e. The molecule has 1 rings (SSSR count). The summed E-state index contributed by atoms with van der Waals surface area (Å²) in [6, 6.07) is 3.23. The van der Waals surface area contributed by atoms with E-state index in [4.69, 9.17) is 5.11 Å². The van der Waals surface area contributed by atoms with Crippen molar-refractivity contribution in [3.8, 4) is 0 Å². The molecule has 0 aliphatic heterocycles. The van der Waals surface area contributed by atoms with Gasteiger partial charge in [0.25, 0.3) is 0 Å². The Morgan fingerprint density at radius 2 is 2.07 bits per heavy atom. The second-order valence-corrected chi connectivity index (χ2v) is 3.80. The first-order valence-corrected chi connectivity index (χ1v) is 4.96. The molecule has 0 fully saturated rings. The van der Waals surface area contributed by atoms with Crippen LogP contribution in [-0.2, 0) is 11.3 Å². The monoisotopic (exact) mass is 208 g/mol. The van der Waals surface area contributed by atoms with Crippen molar-refractivity contribution in [2.24, 2.45) is 5.92 Å². The first-order chi connectivity index (χ1) is 7.11. The van der Waals surface area contributed by atoms with E-state index in [1.807, 2.05) is 26.0 Å². The third-order valence-electron chi connectivity index (χ3n) is 2.21. The summed E-state index contributed by atoms with van der Waals surface area (Å²) < 4.78 is 0. The minimum atomic E-state index is -0.806. The molecule has 82 valence electrons. The number of aliphatic carboxylic acids is 1. The van der Waals surface area contributed by atoms with E-state index >= 15 is 0 Å². The first kappa shape index (κ1) is 11.7. The predicted molar refractivity (Wildman–Crippen MR) is 57.3 cm³/mol. The molecule has 4 nitrogen and oxygen atoms in total. The standard InChI is InChI=1S/C11H16N2O2/c1-8(2)10(11(14)15)13-7-9-3-5-12-6-4-9/h3-6,8,10,13H,7H2,1-2H3,(H,14,15). The highest BCUT2D eigenvalue weighted by Gasteiger charge is 2.20. The van der Waals surface area contributed by atoms with Crippen molar-refractivity contribution in [1.82, 2.24) is 10.3 Å². The number of carboxylic acids is 1.